The quantitative estimate of drug-likeness (QED) is 0.920. The van der Waals surface area contributed by atoms with E-state index < -0.39 is 5.82 Å². The molecule has 19 heavy (non-hydrogen) atoms. The normalized spacial score (nSPS) is 22.9. The number of nitrogens with one attached hydrogen (secondary N) is 1. The van der Waals surface area contributed by atoms with E-state index in [2.05, 4.69) is 22.4 Å². The fourth-order valence-electron chi connectivity index (χ4n) is 2.22. The van der Waals surface area contributed by atoms with Crippen molar-refractivity contribution >= 4 is 11.6 Å². The number of benzene rings is 1. The van der Waals surface area contributed by atoms with Crippen LogP contribution in [0.15, 0.2) is 22.7 Å². The van der Waals surface area contributed by atoms with Gasteiger partial charge in [-0.1, -0.05) is 16.8 Å². The fourth-order valence-corrected chi connectivity index (χ4v) is 2.40. The van der Waals surface area contributed by atoms with Gasteiger partial charge in [0.1, 0.15) is 5.82 Å². The van der Waals surface area contributed by atoms with E-state index >= 15 is 0 Å². The molecule has 100 valence electrons. The smallest absolute Gasteiger partial charge is 0.234 e. The van der Waals surface area contributed by atoms with Crippen LogP contribution < -0.4 is 5.32 Å². The first-order valence-electron chi connectivity index (χ1n) is 6.09. The van der Waals surface area contributed by atoms with Gasteiger partial charge in [-0.2, -0.15) is 4.98 Å². The second kappa shape index (κ2) is 4.58. The molecule has 6 heteroatoms. The van der Waals surface area contributed by atoms with Crippen molar-refractivity contribution in [2.45, 2.75) is 18.8 Å². The lowest BCUT2D eigenvalue weighted by Gasteiger charge is -2.15. The highest BCUT2D eigenvalue weighted by molar-refractivity contribution is 6.31. The van der Waals surface area contributed by atoms with Crippen LogP contribution in [0.4, 0.5) is 4.39 Å². The molecular formula is C13H13ClFN3O. The van der Waals surface area contributed by atoms with Gasteiger partial charge in [-0.15, -0.1) is 0 Å². The molecule has 1 unspecified atom stereocenters. The first-order chi connectivity index (χ1) is 9.08. The van der Waals surface area contributed by atoms with Crippen LogP contribution in [0.2, 0.25) is 5.02 Å². The number of hydrogen-bond donors (Lipinski definition) is 1. The fraction of sp³-hybridized carbons (Fsp3) is 0.385. The van der Waals surface area contributed by atoms with Crippen molar-refractivity contribution in [1.82, 2.24) is 15.5 Å². The molecule has 0 spiro atoms. The standard InChI is InChI=1S/C13H13ClFN3O/c1-13(4-5-16-7-13)12-17-11(18-19-12)8-2-3-10(15)9(14)6-8/h2-3,6,16H,4-5,7H2,1H3. The van der Waals surface area contributed by atoms with E-state index in [1.54, 1.807) is 6.07 Å². The third kappa shape index (κ3) is 2.24. The van der Waals surface area contributed by atoms with Crippen LogP contribution >= 0.6 is 11.6 Å². The Morgan fingerprint density at radius 3 is 3.00 bits per heavy atom. The minimum absolute atomic E-state index is 0.0533. The third-order valence-electron chi connectivity index (χ3n) is 3.49. The van der Waals surface area contributed by atoms with Crippen molar-refractivity contribution in [3.8, 4) is 11.4 Å². The van der Waals surface area contributed by atoms with Crippen LogP contribution in [0.3, 0.4) is 0 Å². The van der Waals surface area contributed by atoms with E-state index in [1.807, 2.05) is 0 Å². The van der Waals surface area contributed by atoms with Crippen LogP contribution in [0.5, 0.6) is 0 Å². The van der Waals surface area contributed by atoms with Crippen LogP contribution in [0, 0.1) is 5.82 Å². The summed E-state index contributed by atoms with van der Waals surface area (Å²) in [5.74, 6) is 0.582. The number of rotatable bonds is 2. The summed E-state index contributed by atoms with van der Waals surface area (Å²) in [5, 5.41) is 7.28. The highest BCUT2D eigenvalue weighted by Gasteiger charge is 2.36. The van der Waals surface area contributed by atoms with Crippen LogP contribution in [0.25, 0.3) is 11.4 Å². The zero-order valence-electron chi connectivity index (χ0n) is 10.4. The molecular weight excluding hydrogens is 269 g/mol. The molecule has 2 heterocycles. The second-order valence-corrected chi connectivity index (χ2v) is 5.45. The maximum absolute atomic E-state index is 13.1. The Bertz CT molecular complexity index is 608. The van der Waals surface area contributed by atoms with Gasteiger partial charge < -0.3 is 9.84 Å². The summed E-state index contributed by atoms with van der Waals surface area (Å²) >= 11 is 5.75. The van der Waals surface area contributed by atoms with Crippen molar-refractivity contribution in [3.63, 3.8) is 0 Å². The van der Waals surface area contributed by atoms with Crippen molar-refractivity contribution in [2.75, 3.05) is 13.1 Å². The second-order valence-electron chi connectivity index (χ2n) is 5.04. The average Bonchev–Trinajstić information content (AvgIpc) is 3.02. The molecule has 1 saturated heterocycles. The first kappa shape index (κ1) is 12.6. The SMILES string of the molecule is CC1(c2nc(-c3ccc(F)c(Cl)c3)no2)CCNC1. The molecule has 1 fully saturated rings. The molecule has 0 amide bonds. The zero-order chi connectivity index (χ0) is 13.5. The lowest BCUT2D eigenvalue weighted by Crippen LogP contribution is -2.25. The Morgan fingerprint density at radius 1 is 1.47 bits per heavy atom. The molecule has 0 radical (unpaired) electrons. The van der Waals surface area contributed by atoms with Gasteiger partial charge in [-0.25, -0.2) is 4.39 Å². The summed E-state index contributed by atoms with van der Waals surface area (Å²) in [6.45, 7) is 3.84. The monoisotopic (exact) mass is 281 g/mol. The highest BCUT2D eigenvalue weighted by Crippen LogP contribution is 2.30. The molecule has 2 aromatic rings. The summed E-state index contributed by atoms with van der Waals surface area (Å²) in [5.41, 5.74) is 0.519. The van der Waals surface area contributed by atoms with Crippen LogP contribution in [-0.2, 0) is 5.41 Å². The largest absolute Gasteiger partial charge is 0.338 e. The molecule has 1 aromatic carbocycles. The highest BCUT2D eigenvalue weighted by atomic mass is 35.5. The third-order valence-corrected chi connectivity index (χ3v) is 3.78. The molecule has 0 aliphatic carbocycles. The first-order valence-corrected chi connectivity index (χ1v) is 6.47. The zero-order valence-corrected chi connectivity index (χ0v) is 11.2. The van der Waals surface area contributed by atoms with Crippen LogP contribution in [-0.4, -0.2) is 23.2 Å². The Morgan fingerprint density at radius 2 is 2.32 bits per heavy atom. The Labute approximate surface area is 115 Å². The minimum Gasteiger partial charge on any atom is -0.338 e. The van der Waals surface area contributed by atoms with Gasteiger partial charge in [0.05, 0.1) is 10.4 Å². The molecule has 1 N–H and O–H groups in total. The summed E-state index contributed by atoms with van der Waals surface area (Å²) in [6.07, 6.45) is 0.957. The Balaban J connectivity index is 1.94. The van der Waals surface area contributed by atoms with E-state index in [1.165, 1.54) is 12.1 Å². The van der Waals surface area contributed by atoms with Gasteiger partial charge in [-0.3, -0.25) is 0 Å². The van der Waals surface area contributed by atoms with E-state index in [4.69, 9.17) is 16.1 Å². The lowest BCUT2D eigenvalue weighted by atomic mass is 9.90. The van der Waals surface area contributed by atoms with Crippen molar-refractivity contribution in [3.05, 3.63) is 34.9 Å². The van der Waals surface area contributed by atoms with E-state index in [-0.39, 0.29) is 10.4 Å². The van der Waals surface area contributed by atoms with Gasteiger partial charge in [0.2, 0.25) is 11.7 Å². The summed E-state index contributed by atoms with van der Waals surface area (Å²) in [4.78, 5) is 4.41. The lowest BCUT2D eigenvalue weighted by molar-refractivity contribution is 0.306. The predicted molar refractivity (Wildman–Crippen MR) is 69.5 cm³/mol. The van der Waals surface area contributed by atoms with E-state index in [9.17, 15) is 4.39 Å². The van der Waals surface area contributed by atoms with Gasteiger partial charge in [0, 0.05) is 12.1 Å². The van der Waals surface area contributed by atoms with Crippen LogP contribution in [0.1, 0.15) is 19.2 Å². The topological polar surface area (TPSA) is 51.0 Å². The molecule has 1 aliphatic rings. The van der Waals surface area contributed by atoms with Gasteiger partial charge in [0.15, 0.2) is 0 Å². The predicted octanol–water partition coefficient (Wildman–Crippen LogP) is 2.78. The van der Waals surface area contributed by atoms with Gasteiger partial charge >= 0.3 is 0 Å². The molecule has 4 nitrogen and oxygen atoms in total. The summed E-state index contributed by atoms with van der Waals surface area (Å²) in [6, 6.07) is 4.39. The number of halogens is 2. The number of nitrogens with zero attached hydrogens (tertiary/aromatic N) is 2. The summed E-state index contributed by atoms with van der Waals surface area (Å²) in [7, 11) is 0. The van der Waals surface area contributed by atoms with E-state index in [0.29, 0.717) is 17.3 Å². The maximum atomic E-state index is 13.1. The summed E-state index contributed by atoms with van der Waals surface area (Å²) < 4.78 is 18.5. The van der Waals surface area contributed by atoms with E-state index in [0.717, 1.165) is 19.5 Å². The molecule has 0 saturated carbocycles. The molecule has 1 aromatic heterocycles. The maximum Gasteiger partial charge on any atom is 0.234 e. The molecule has 0 bridgehead atoms. The number of aromatic nitrogens is 2. The van der Waals surface area contributed by atoms with Crippen molar-refractivity contribution in [2.24, 2.45) is 0 Å². The van der Waals surface area contributed by atoms with Gasteiger partial charge in [-0.05, 0) is 38.1 Å². The Hall–Kier alpha value is -1.46. The molecule has 1 atom stereocenters. The minimum atomic E-state index is -0.457. The van der Waals surface area contributed by atoms with Gasteiger partial charge in [0.25, 0.3) is 0 Å². The Kier molecular flexibility index (Phi) is 3.03. The number of hydrogen-bond acceptors (Lipinski definition) is 4. The average molecular weight is 282 g/mol. The van der Waals surface area contributed by atoms with Crippen molar-refractivity contribution in [1.29, 1.82) is 0 Å². The molecule has 3 rings (SSSR count). The molecule has 1 aliphatic heterocycles. The van der Waals surface area contributed by atoms with Crippen molar-refractivity contribution < 1.29 is 8.91 Å².